The van der Waals surface area contributed by atoms with Crippen LogP contribution in [0.5, 0.6) is 11.5 Å². The van der Waals surface area contributed by atoms with Gasteiger partial charge in [-0.1, -0.05) is 0 Å². The number of rotatable bonds is 4. The Labute approximate surface area is 121 Å². The number of methoxy groups -OCH3 is 2. The molecule has 0 aliphatic carbocycles. The molecule has 0 unspecified atom stereocenters. The van der Waals surface area contributed by atoms with Crippen molar-refractivity contribution in [1.82, 2.24) is 5.48 Å². The molecule has 106 valence electrons. The number of nitrogens with one attached hydrogen (secondary N) is 1. The zero-order valence-corrected chi connectivity index (χ0v) is 13.3. The van der Waals surface area contributed by atoms with Crippen LogP contribution in [-0.4, -0.2) is 25.7 Å². The molecule has 0 heterocycles. The van der Waals surface area contributed by atoms with E-state index in [0.29, 0.717) is 21.5 Å². The highest BCUT2D eigenvalue weighted by atomic mass is 79.9. The summed E-state index contributed by atoms with van der Waals surface area (Å²) in [4.78, 5) is 17.2. The standard InChI is InChI=1S/C13H18BrNO4/c1-13(2,3)19-15-12(16)8-6-9(17-4)11(14)10(7-8)18-5/h6-7H,1-5H3,(H,15,16). The van der Waals surface area contributed by atoms with Gasteiger partial charge in [-0.15, -0.1) is 0 Å². The molecule has 5 nitrogen and oxygen atoms in total. The van der Waals surface area contributed by atoms with Gasteiger partial charge in [0.05, 0.1) is 19.8 Å². The number of carbonyl (C=O) groups is 1. The molecular formula is C13H18BrNO4. The molecule has 0 aliphatic rings. The molecule has 0 radical (unpaired) electrons. The van der Waals surface area contributed by atoms with Crippen molar-refractivity contribution in [3.05, 3.63) is 22.2 Å². The fourth-order valence-electron chi connectivity index (χ4n) is 1.26. The highest BCUT2D eigenvalue weighted by Gasteiger charge is 2.17. The van der Waals surface area contributed by atoms with Crippen molar-refractivity contribution in [2.75, 3.05) is 14.2 Å². The van der Waals surface area contributed by atoms with Crippen molar-refractivity contribution in [2.45, 2.75) is 26.4 Å². The van der Waals surface area contributed by atoms with Crippen LogP contribution in [0.1, 0.15) is 31.1 Å². The number of hydrogen-bond acceptors (Lipinski definition) is 4. The lowest BCUT2D eigenvalue weighted by Gasteiger charge is -2.19. The monoisotopic (exact) mass is 331 g/mol. The first kappa shape index (κ1) is 15.8. The molecule has 1 aromatic rings. The topological polar surface area (TPSA) is 56.8 Å². The van der Waals surface area contributed by atoms with E-state index < -0.39 is 5.60 Å². The minimum absolute atomic E-state index is 0.362. The fourth-order valence-corrected chi connectivity index (χ4v) is 1.81. The zero-order valence-electron chi connectivity index (χ0n) is 11.7. The third-order valence-electron chi connectivity index (χ3n) is 2.16. The molecule has 1 N–H and O–H groups in total. The molecular weight excluding hydrogens is 314 g/mol. The average Bonchev–Trinajstić information content (AvgIpc) is 2.35. The molecule has 0 spiro atoms. The SMILES string of the molecule is COc1cc(C(=O)NOC(C)(C)C)cc(OC)c1Br. The summed E-state index contributed by atoms with van der Waals surface area (Å²) in [6.07, 6.45) is 0. The van der Waals surface area contributed by atoms with Gasteiger partial charge in [0, 0.05) is 5.56 Å². The van der Waals surface area contributed by atoms with E-state index >= 15 is 0 Å². The Morgan fingerprint density at radius 3 is 2.00 bits per heavy atom. The first-order valence-corrected chi connectivity index (χ1v) is 6.47. The van der Waals surface area contributed by atoms with Gasteiger partial charge < -0.3 is 9.47 Å². The molecule has 0 saturated heterocycles. The molecule has 0 aromatic heterocycles. The summed E-state index contributed by atoms with van der Waals surface area (Å²) in [7, 11) is 3.04. The van der Waals surface area contributed by atoms with Crippen molar-refractivity contribution in [3.63, 3.8) is 0 Å². The van der Waals surface area contributed by atoms with Gasteiger partial charge in [0.2, 0.25) is 0 Å². The second-order valence-corrected chi connectivity index (χ2v) is 5.63. The molecule has 1 aromatic carbocycles. The number of halogens is 1. The smallest absolute Gasteiger partial charge is 0.275 e. The van der Waals surface area contributed by atoms with E-state index in [1.807, 2.05) is 20.8 Å². The number of hydroxylamine groups is 1. The van der Waals surface area contributed by atoms with E-state index in [-0.39, 0.29) is 5.91 Å². The van der Waals surface area contributed by atoms with Gasteiger partial charge in [0.25, 0.3) is 5.91 Å². The molecule has 1 amide bonds. The maximum atomic E-state index is 12.0. The van der Waals surface area contributed by atoms with Crippen LogP contribution >= 0.6 is 15.9 Å². The van der Waals surface area contributed by atoms with Gasteiger partial charge in [-0.05, 0) is 48.8 Å². The number of amides is 1. The Kier molecular flexibility index (Phi) is 5.20. The molecule has 0 saturated carbocycles. The van der Waals surface area contributed by atoms with Crippen LogP contribution in [0.15, 0.2) is 16.6 Å². The zero-order chi connectivity index (χ0) is 14.6. The quantitative estimate of drug-likeness (QED) is 0.862. The summed E-state index contributed by atoms with van der Waals surface area (Å²) < 4.78 is 11.0. The summed E-state index contributed by atoms with van der Waals surface area (Å²) in [5.41, 5.74) is 2.33. The van der Waals surface area contributed by atoms with E-state index in [9.17, 15) is 4.79 Å². The van der Waals surface area contributed by atoms with Crippen LogP contribution in [0.2, 0.25) is 0 Å². The molecule has 6 heteroatoms. The van der Waals surface area contributed by atoms with Crippen molar-refractivity contribution in [1.29, 1.82) is 0 Å². The highest BCUT2D eigenvalue weighted by Crippen LogP contribution is 2.35. The summed E-state index contributed by atoms with van der Waals surface area (Å²) in [6, 6.07) is 3.21. The van der Waals surface area contributed by atoms with Gasteiger partial charge in [-0.3, -0.25) is 9.63 Å². The molecule has 0 aliphatic heterocycles. The van der Waals surface area contributed by atoms with E-state index in [0.717, 1.165) is 0 Å². The van der Waals surface area contributed by atoms with Crippen molar-refractivity contribution >= 4 is 21.8 Å². The summed E-state index contributed by atoms with van der Waals surface area (Å²) >= 11 is 3.34. The van der Waals surface area contributed by atoms with Crippen molar-refractivity contribution in [3.8, 4) is 11.5 Å². The minimum atomic E-state index is -0.459. The Bertz CT molecular complexity index is 443. The van der Waals surface area contributed by atoms with Gasteiger partial charge in [-0.25, -0.2) is 5.48 Å². The normalized spacial score (nSPS) is 11.1. The molecule has 0 fully saturated rings. The molecule has 19 heavy (non-hydrogen) atoms. The van der Waals surface area contributed by atoms with Crippen LogP contribution < -0.4 is 15.0 Å². The number of carbonyl (C=O) groups excluding carboxylic acids is 1. The highest BCUT2D eigenvalue weighted by molar-refractivity contribution is 9.10. The van der Waals surface area contributed by atoms with Crippen LogP contribution in [0.25, 0.3) is 0 Å². The second kappa shape index (κ2) is 6.25. The van der Waals surface area contributed by atoms with Gasteiger partial charge in [-0.2, -0.15) is 0 Å². The van der Waals surface area contributed by atoms with E-state index in [1.165, 1.54) is 14.2 Å². The fraction of sp³-hybridized carbons (Fsp3) is 0.462. The van der Waals surface area contributed by atoms with Gasteiger partial charge in [0.15, 0.2) is 0 Å². The lowest BCUT2D eigenvalue weighted by molar-refractivity contribution is -0.0589. The Hall–Kier alpha value is -1.27. The maximum absolute atomic E-state index is 12.0. The van der Waals surface area contributed by atoms with Crippen LogP contribution in [0, 0.1) is 0 Å². The predicted molar refractivity (Wildman–Crippen MR) is 75.6 cm³/mol. The third kappa shape index (κ3) is 4.40. The van der Waals surface area contributed by atoms with Gasteiger partial charge in [0.1, 0.15) is 16.0 Å². The van der Waals surface area contributed by atoms with Gasteiger partial charge >= 0.3 is 0 Å². The number of hydrogen-bond donors (Lipinski definition) is 1. The Morgan fingerprint density at radius 1 is 1.16 bits per heavy atom. The molecule has 0 bridgehead atoms. The minimum Gasteiger partial charge on any atom is -0.495 e. The second-order valence-electron chi connectivity index (χ2n) is 4.84. The number of benzene rings is 1. The Morgan fingerprint density at radius 2 is 1.63 bits per heavy atom. The summed E-state index contributed by atoms with van der Waals surface area (Å²) in [6.45, 7) is 5.53. The first-order valence-electron chi connectivity index (χ1n) is 5.68. The van der Waals surface area contributed by atoms with Crippen LogP contribution in [-0.2, 0) is 4.84 Å². The largest absolute Gasteiger partial charge is 0.495 e. The van der Waals surface area contributed by atoms with E-state index in [2.05, 4.69) is 21.4 Å². The number of ether oxygens (including phenoxy) is 2. The van der Waals surface area contributed by atoms with E-state index in [1.54, 1.807) is 12.1 Å². The predicted octanol–water partition coefficient (Wildman–Crippen LogP) is 2.93. The average molecular weight is 332 g/mol. The summed E-state index contributed by atoms with van der Waals surface area (Å²) in [5, 5.41) is 0. The third-order valence-corrected chi connectivity index (χ3v) is 2.94. The lowest BCUT2D eigenvalue weighted by Crippen LogP contribution is -2.33. The maximum Gasteiger partial charge on any atom is 0.275 e. The van der Waals surface area contributed by atoms with Crippen LogP contribution in [0.4, 0.5) is 0 Å². The van der Waals surface area contributed by atoms with Crippen LogP contribution in [0.3, 0.4) is 0 Å². The first-order chi connectivity index (χ1) is 8.78. The molecule has 0 atom stereocenters. The lowest BCUT2D eigenvalue weighted by atomic mass is 10.2. The molecule has 1 rings (SSSR count). The van der Waals surface area contributed by atoms with E-state index in [4.69, 9.17) is 14.3 Å². The van der Waals surface area contributed by atoms with Crippen molar-refractivity contribution in [2.24, 2.45) is 0 Å². The Balaban J connectivity index is 2.97. The van der Waals surface area contributed by atoms with Crippen molar-refractivity contribution < 1.29 is 19.1 Å². The summed E-state index contributed by atoms with van der Waals surface area (Å²) in [5.74, 6) is 0.666.